The van der Waals surface area contributed by atoms with E-state index >= 15 is 0 Å². The van der Waals surface area contributed by atoms with Crippen LogP contribution in [0.15, 0.2) is 28.7 Å². The molecule has 0 saturated heterocycles. The van der Waals surface area contributed by atoms with Crippen LogP contribution in [0.5, 0.6) is 0 Å². The molecule has 2 nitrogen and oxygen atoms in total. The number of rotatable bonds is 4. The molecule has 0 heterocycles. The van der Waals surface area contributed by atoms with Gasteiger partial charge in [-0.05, 0) is 44.2 Å². The average molecular weight is 312 g/mol. The summed E-state index contributed by atoms with van der Waals surface area (Å²) in [4.78, 5) is 0. The van der Waals surface area contributed by atoms with Gasteiger partial charge in [0.2, 0.25) is 0 Å². The molecule has 0 bridgehead atoms. The van der Waals surface area contributed by atoms with Crippen LogP contribution < -0.4 is 5.32 Å². The minimum Gasteiger partial charge on any atom is -0.381 e. The van der Waals surface area contributed by atoms with E-state index < -0.39 is 0 Å². The van der Waals surface area contributed by atoms with E-state index in [9.17, 15) is 0 Å². The monoisotopic (exact) mass is 311 g/mol. The predicted molar refractivity (Wildman–Crippen MR) is 78.7 cm³/mol. The Bertz CT molecular complexity index is 375. The fraction of sp³-hybridized carbons (Fsp3) is 0.600. The number of halogens is 1. The summed E-state index contributed by atoms with van der Waals surface area (Å²) in [7, 11) is 1.82. The number of methoxy groups -OCH3 is 1. The van der Waals surface area contributed by atoms with E-state index in [1.165, 1.54) is 35.7 Å². The van der Waals surface area contributed by atoms with Gasteiger partial charge in [-0.15, -0.1) is 0 Å². The van der Waals surface area contributed by atoms with Crippen molar-refractivity contribution < 1.29 is 4.74 Å². The molecule has 0 aromatic heterocycles. The summed E-state index contributed by atoms with van der Waals surface area (Å²) in [5, 5.41) is 3.74. The third-order valence-corrected chi connectivity index (χ3v) is 4.59. The van der Waals surface area contributed by atoms with E-state index in [0.29, 0.717) is 18.2 Å². The van der Waals surface area contributed by atoms with Gasteiger partial charge in [0.05, 0.1) is 6.10 Å². The summed E-state index contributed by atoms with van der Waals surface area (Å²) in [6.07, 6.45) is 5.26. The Morgan fingerprint density at radius 1 is 1.22 bits per heavy atom. The van der Waals surface area contributed by atoms with Gasteiger partial charge in [0, 0.05) is 23.7 Å². The molecule has 18 heavy (non-hydrogen) atoms. The van der Waals surface area contributed by atoms with Gasteiger partial charge in [0.25, 0.3) is 0 Å². The minimum atomic E-state index is 0.393. The van der Waals surface area contributed by atoms with E-state index in [1.54, 1.807) is 0 Å². The van der Waals surface area contributed by atoms with Crippen LogP contribution in [-0.2, 0) is 4.74 Å². The molecule has 1 fully saturated rings. The molecular weight excluding hydrogens is 290 g/mol. The van der Waals surface area contributed by atoms with Crippen molar-refractivity contribution in [2.45, 2.75) is 50.8 Å². The molecule has 0 spiro atoms. The lowest BCUT2D eigenvalue weighted by Gasteiger charge is -2.31. The van der Waals surface area contributed by atoms with Crippen molar-refractivity contribution in [3.05, 3.63) is 34.3 Å². The number of hydrogen-bond acceptors (Lipinski definition) is 2. The minimum absolute atomic E-state index is 0.393. The van der Waals surface area contributed by atoms with Gasteiger partial charge in [-0.1, -0.05) is 34.1 Å². The molecule has 1 N–H and O–H groups in total. The maximum Gasteiger partial charge on any atom is 0.0572 e. The van der Waals surface area contributed by atoms with Crippen molar-refractivity contribution in [1.82, 2.24) is 5.32 Å². The van der Waals surface area contributed by atoms with E-state index in [1.807, 2.05) is 7.11 Å². The highest BCUT2D eigenvalue weighted by molar-refractivity contribution is 9.10. The topological polar surface area (TPSA) is 21.3 Å². The van der Waals surface area contributed by atoms with Crippen molar-refractivity contribution in [1.29, 1.82) is 0 Å². The van der Waals surface area contributed by atoms with E-state index in [-0.39, 0.29) is 0 Å². The molecule has 0 amide bonds. The fourth-order valence-electron chi connectivity index (χ4n) is 2.73. The molecule has 0 aliphatic heterocycles. The second-order valence-electron chi connectivity index (χ2n) is 5.12. The zero-order valence-corrected chi connectivity index (χ0v) is 12.7. The van der Waals surface area contributed by atoms with Crippen LogP contribution in [0.25, 0.3) is 0 Å². The van der Waals surface area contributed by atoms with Gasteiger partial charge in [-0.2, -0.15) is 0 Å². The fourth-order valence-corrected chi connectivity index (χ4v) is 3.36. The normalized spacial score (nSPS) is 25.9. The number of nitrogens with one attached hydrogen (secondary N) is 1. The first-order chi connectivity index (χ1) is 8.70. The van der Waals surface area contributed by atoms with Crippen LogP contribution in [-0.4, -0.2) is 19.3 Å². The highest BCUT2D eigenvalue weighted by Crippen LogP contribution is 2.26. The molecule has 100 valence electrons. The average Bonchev–Trinajstić information content (AvgIpc) is 2.40. The van der Waals surface area contributed by atoms with Crippen LogP contribution >= 0.6 is 15.9 Å². The molecule has 0 radical (unpaired) electrons. The first-order valence-electron chi connectivity index (χ1n) is 6.74. The van der Waals surface area contributed by atoms with E-state index in [2.05, 4.69) is 52.4 Å². The molecule has 1 aliphatic carbocycles. The smallest absolute Gasteiger partial charge is 0.0572 e. The summed E-state index contributed by atoms with van der Waals surface area (Å²) < 4.78 is 6.60. The first kappa shape index (κ1) is 14.0. The Labute approximate surface area is 118 Å². The lowest BCUT2D eigenvalue weighted by molar-refractivity contribution is 0.0614. The quantitative estimate of drug-likeness (QED) is 0.905. The molecule has 1 aromatic rings. The van der Waals surface area contributed by atoms with Crippen LogP contribution in [0.3, 0.4) is 0 Å². The predicted octanol–water partition coefficient (Wildman–Crippen LogP) is 4.06. The third kappa shape index (κ3) is 3.56. The van der Waals surface area contributed by atoms with Gasteiger partial charge in [0.1, 0.15) is 0 Å². The molecule has 2 rings (SSSR count). The molecular formula is C15H22BrNO. The largest absolute Gasteiger partial charge is 0.381 e. The Morgan fingerprint density at radius 3 is 2.50 bits per heavy atom. The number of hydrogen-bond donors (Lipinski definition) is 1. The SMILES string of the molecule is COC1CCC(N[C@@H](C)c2ccccc2Br)CC1. The molecule has 3 heteroatoms. The van der Waals surface area contributed by atoms with Crippen LogP contribution in [0.4, 0.5) is 0 Å². The van der Waals surface area contributed by atoms with Crippen molar-refractivity contribution in [3.63, 3.8) is 0 Å². The summed E-state index contributed by atoms with van der Waals surface area (Å²) in [6.45, 7) is 2.24. The molecule has 1 saturated carbocycles. The van der Waals surface area contributed by atoms with Crippen LogP contribution in [0.2, 0.25) is 0 Å². The lowest BCUT2D eigenvalue weighted by atomic mass is 9.92. The second-order valence-corrected chi connectivity index (χ2v) is 5.97. The third-order valence-electron chi connectivity index (χ3n) is 3.86. The number of ether oxygens (including phenoxy) is 1. The first-order valence-corrected chi connectivity index (χ1v) is 7.53. The Kier molecular flexibility index (Phi) is 5.22. The van der Waals surface area contributed by atoms with Crippen LogP contribution in [0.1, 0.15) is 44.2 Å². The summed E-state index contributed by atoms with van der Waals surface area (Å²) in [6, 6.07) is 9.46. The standard InChI is InChI=1S/C15H22BrNO/c1-11(14-5-3-4-6-15(14)16)17-12-7-9-13(18-2)10-8-12/h3-6,11-13,17H,7-10H2,1-2H3/t11-,12?,13?/m0/s1. The van der Waals surface area contributed by atoms with Crippen molar-refractivity contribution in [2.75, 3.05) is 7.11 Å². The van der Waals surface area contributed by atoms with Gasteiger partial charge in [0.15, 0.2) is 0 Å². The second kappa shape index (κ2) is 6.69. The molecule has 0 unspecified atom stereocenters. The van der Waals surface area contributed by atoms with Gasteiger partial charge < -0.3 is 10.1 Å². The highest BCUT2D eigenvalue weighted by atomic mass is 79.9. The van der Waals surface area contributed by atoms with Crippen molar-refractivity contribution in [2.24, 2.45) is 0 Å². The van der Waals surface area contributed by atoms with Crippen molar-refractivity contribution in [3.8, 4) is 0 Å². The zero-order valence-electron chi connectivity index (χ0n) is 11.2. The maximum absolute atomic E-state index is 5.41. The van der Waals surface area contributed by atoms with Crippen molar-refractivity contribution >= 4 is 15.9 Å². The molecule has 1 aromatic carbocycles. The highest BCUT2D eigenvalue weighted by Gasteiger charge is 2.22. The molecule has 1 aliphatic rings. The summed E-state index contributed by atoms with van der Waals surface area (Å²) in [5.41, 5.74) is 1.34. The molecule has 1 atom stereocenters. The lowest BCUT2D eigenvalue weighted by Crippen LogP contribution is -2.36. The summed E-state index contributed by atoms with van der Waals surface area (Å²) >= 11 is 3.62. The Hall–Kier alpha value is -0.380. The summed E-state index contributed by atoms with van der Waals surface area (Å²) in [5.74, 6) is 0. The van der Waals surface area contributed by atoms with E-state index in [0.717, 1.165) is 0 Å². The Morgan fingerprint density at radius 2 is 1.89 bits per heavy atom. The van der Waals surface area contributed by atoms with Crippen LogP contribution in [0, 0.1) is 0 Å². The number of benzene rings is 1. The van der Waals surface area contributed by atoms with Gasteiger partial charge in [-0.25, -0.2) is 0 Å². The zero-order chi connectivity index (χ0) is 13.0. The maximum atomic E-state index is 5.41. The Balaban J connectivity index is 1.89. The van der Waals surface area contributed by atoms with Gasteiger partial charge >= 0.3 is 0 Å². The van der Waals surface area contributed by atoms with E-state index in [4.69, 9.17) is 4.74 Å². The van der Waals surface area contributed by atoms with Gasteiger partial charge in [-0.3, -0.25) is 0 Å².